The van der Waals surface area contributed by atoms with Gasteiger partial charge < -0.3 is 9.80 Å². The normalized spacial score (nSPS) is 21.3. The lowest BCUT2D eigenvalue weighted by atomic mass is 9.79. The van der Waals surface area contributed by atoms with Crippen molar-refractivity contribution in [2.24, 2.45) is 10.4 Å². The van der Waals surface area contributed by atoms with Crippen LogP contribution in [0.1, 0.15) is 31.2 Å². The van der Waals surface area contributed by atoms with Gasteiger partial charge in [0.2, 0.25) is 22.2 Å². The predicted molar refractivity (Wildman–Crippen MR) is 127 cm³/mol. The molecule has 0 atom stereocenters. The molecule has 0 saturated carbocycles. The highest BCUT2D eigenvalue weighted by Crippen LogP contribution is 2.36. The molecular formula is C23H30N6O4S. The summed E-state index contributed by atoms with van der Waals surface area (Å²) in [4.78, 5) is 20.6. The van der Waals surface area contributed by atoms with Gasteiger partial charge in [-0.05, 0) is 36.8 Å². The van der Waals surface area contributed by atoms with Gasteiger partial charge in [-0.3, -0.25) is 10.0 Å². The minimum Gasteiger partial charge on any atom is -0.342 e. The van der Waals surface area contributed by atoms with Gasteiger partial charge in [0, 0.05) is 39.3 Å². The molecule has 4 rings (SSSR count). The number of nitrogens with zero attached hydrogens (tertiary/aromatic N) is 5. The van der Waals surface area contributed by atoms with Crippen LogP contribution in [-0.4, -0.2) is 84.6 Å². The van der Waals surface area contributed by atoms with Crippen LogP contribution in [0.25, 0.3) is 5.57 Å². The van der Waals surface area contributed by atoms with Crippen molar-refractivity contribution in [3.63, 3.8) is 0 Å². The van der Waals surface area contributed by atoms with Crippen LogP contribution < -0.4 is 5.48 Å². The third-order valence-corrected chi connectivity index (χ3v) is 9.08. The molecule has 0 aromatic heterocycles. The van der Waals surface area contributed by atoms with Crippen LogP contribution in [0.3, 0.4) is 0 Å². The Balaban J connectivity index is 1.46. The Morgan fingerprint density at radius 1 is 1.12 bits per heavy atom. The van der Waals surface area contributed by atoms with Crippen LogP contribution in [0.2, 0.25) is 0 Å². The highest BCUT2D eigenvalue weighted by molar-refractivity contribution is 7.89. The van der Waals surface area contributed by atoms with E-state index in [1.54, 1.807) is 5.48 Å². The van der Waals surface area contributed by atoms with E-state index in [2.05, 4.69) is 4.99 Å². The summed E-state index contributed by atoms with van der Waals surface area (Å²) in [5, 5.41) is 18.5. The monoisotopic (exact) mass is 486 g/mol. The van der Waals surface area contributed by atoms with E-state index < -0.39 is 21.3 Å². The fourth-order valence-corrected chi connectivity index (χ4v) is 6.82. The number of likely N-dealkylation sites (tertiary alicyclic amines) is 2. The first kappa shape index (κ1) is 24.2. The van der Waals surface area contributed by atoms with Crippen molar-refractivity contribution >= 4 is 27.5 Å². The van der Waals surface area contributed by atoms with Gasteiger partial charge in [-0.1, -0.05) is 36.4 Å². The first-order chi connectivity index (χ1) is 16.4. The number of piperidine rings is 1. The van der Waals surface area contributed by atoms with Gasteiger partial charge in [-0.15, -0.1) is 4.99 Å². The molecule has 3 aliphatic heterocycles. The van der Waals surface area contributed by atoms with Crippen molar-refractivity contribution in [3.05, 3.63) is 42.0 Å². The zero-order chi connectivity index (χ0) is 24.2. The number of carbonyl (C=O) groups is 1. The molecule has 2 fully saturated rings. The molecule has 0 radical (unpaired) electrons. The summed E-state index contributed by atoms with van der Waals surface area (Å²) in [6, 6.07) is 9.87. The maximum atomic E-state index is 13.4. The summed E-state index contributed by atoms with van der Waals surface area (Å²) < 4.78 is 28.1. The number of nitriles is 1. The quantitative estimate of drug-likeness (QED) is 0.211. The Morgan fingerprint density at radius 3 is 2.32 bits per heavy atom. The van der Waals surface area contributed by atoms with E-state index in [0.29, 0.717) is 32.0 Å². The lowest BCUT2D eigenvalue weighted by Crippen LogP contribution is -2.58. The van der Waals surface area contributed by atoms with Crippen molar-refractivity contribution in [2.45, 2.75) is 25.7 Å². The zero-order valence-corrected chi connectivity index (χ0v) is 19.9. The molecule has 1 aromatic rings. The van der Waals surface area contributed by atoms with Gasteiger partial charge >= 0.3 is 0 Å². The Kier molecular flexibility index (Phi) is 7.21. The van der Waals surface area contributed by atoms with Crippen LogP contribution >= 0.6 is 0 Å². The van der Waals surface area contributed by atoms with Gasteiger partial charge in [0.1, 0.15) is 0 Å². The molecule has 2 N–H and O–H groups in total. The number of amides is 1. The highest BCUT2D eigenvalue weighted by Gasteiger charge is 2.47. The third-order valence-electron chi connectivity index (χ3n) is 7.04. The molecule has 3 heterocycles. The molecule has 182 valence electrons. The summed E-state index contributed by atoms with van der Waals surface area (Å²) in [6.07, 6.45) is 5.86. The van der Waals surface area contributed by atoms with Crippen LogP contribution in [0.4, 0.5) is 0 Å². The van der Waals surface area contributed by atoms with E-state index in [1.165, 1.54) is 4.31 Å². The van der Waals surface area contributed by atoms with E-state index in [9.17, 15) is 18.4 Å². The van der Waals surface area contributed by atoms with E-state index in [0.717, 1.165) is 30.6 Å². The van der Waals surface area contributed by atoms with E-state index in [1.807, 2.05) is 52.4 Å². The predicted octanol–water partition coefficient (Wildman–Crippen LogP) is 1.24. The van der Waals surface area contributed by atoms with Crippen molar-refractivity contribution < 1.29 is 18.4 Å². The van der Waals surface area contributed by atoms with Gasteiger partial charge in [-0.2, -0.15) is 9.57 Å². The van der Waals surface area contributed by atoms with E-state index in [-0.39, 0.29) is 25.1 Å². The number of hydroxylamine groups is 1. The Morgan fingerprint density at radius 2 is 1.79 bits per heavy atom. The average molecular weight is 487 g/mol. The van der Waals surface area contributed by atoms with Crippen molar-refractivity contribution in [3.8, 4) is 6.19 Å². The minimum absolute atomic E-state index is 0.232. The molecule has 2 saturated heterocycles. The molecule has 1 aromatic carbocycles. The number of carbonyl (C=O) groups excluding carboxylic acids is 1. The number of nitrogens with one attached hydrogen (secondary N) is 1. The van der Waals surface area contributed by atoms with Crippen LogP contribution in [-0.2, 0) is 14.8 Å². The lowest BCUT2D eigenvalue weighted by Gasteiger charge is -2.45. The van der Waals surface area contributed by atoms with Gasteiger partial charge in [0.05, 0.1) is 11.2 Å². The topological polar surface area (TPSA) is 129 Å². The Bertz CT molecular complexity index is 1100. The van der Waals surface area contributed by atoms with Crippen molar-refractivity contribution in [1.82, 2.24) is 19.6 Å². The van der Waals surface area contributed by atoms with Crippen molar-refractivity contribution in [1.29, 1.82) is 5.26 Å². The largest absolute Gasteiger partial charge is 0.342 e. The van der Waals surface area contributed by atoms with Gasteiger partial charge in [0.25, 0.3) is 5.91 Å². The smallest absolute Gasteiger partial charge is 0.250 e. The first-order valence-electron chi connectivity index (χ1n) is 11.5. The summed E-state index contributed by atoms with van der Waals surface area (Å²) in [7, 11) is -3.75. The zero-order valence-electron chi connectivity index (χ0n) is 19.1. The van der Waals surface area contributed by atoms with E-state index in [4.69, 9.17) is 5.26 Å². The summed E-state index contributed by atoms with van der Waals surface area (Å²) in [5.41, 5.74) is 2.64. The standard InChI is InChI=1S/C23H30N6O4S/c24-18-25-22(27-11-4-12-27)28-15-9-23(10-16-28,21(30)26-31)17-34(32,33)29-13-7-20(8-14-29)19-5-2-1-3-6-19/h1-3,5-7,31H,4,8-17H2,(H,26,30)/b25-22+. The van der Waals surface area contributed by atoms with Crippen LogP contribution in [0.15, 0.2) is 41.4 Å². The molecule has 0 aliphatic carbocycles. The minimum atomic E-state index is -3.75. The van der Waals surface area contributed by atoms with Gasteiger partial charge in [0.15, 0.2) is 0 Å². The van der Waals surface area contributed by atoms with Crippen molar-refractivity contribution in [2.75, 3.05) is 45.0 Å². The molecular weight excluding hydrogens is 456 g/mol. The maximum Gasteiger partial charge on any atom is 0.250 e. The number of hydrogen-bond acceptors (Lipinski definition) is 6. The Labute approximate surface area is 200 Å². The fourth-order valence-electron chi connectivity index (χ4n) is 4.85. The van der Waals surface area contributed by atoms with E-state index >= 15 is 0 Å². The SMILES string of the molecule is N#C/N=C(\N1CCC1)N1CCC(CS(=O)(=O)N2CC=C(c3ccccc3)CC2)(C(=O)NO)CC1. The fraction of sp³-hybridized carbons (Fsp3) is 0.522. The number of sulfonamides is 1. The van der Waals surface area contributed by atoms with Crippen LogP contribution in [0.5, 0.6) is 0 Å². The first-order valence-corrected chi connectivity index (χ1v) is 13.1. The Hall–Kier alpha value is -2.94. The number of guanidine groups is 1. The molecule has 10 nitrogen and oxygen atoms in total. The van der Waals surface area contributed by atoms with Crippen LogP contribution in [0, 0.1) is 16.9 Å². The average Bonchev–Trinajstić information content (AvgIpc) is 2.83. The number of benzene rings is 1. The molecule has 3 aliphatic rings. The summed E-state index contributed by atoms with van der Waals surface area (Å²) in [5.74, 6) is -0.483. The highest BCUT2D eigenvalue weighted by atomic mass is 32.2. The summed E-state index contributed by atoms with van der Waals surface area (Å²) in [6.45, 7) is 2.99. The summed E-state index contributed by atoms with van der Waals surface area (Å²) >= 11 is 0. The second kappa shape index (κ2) is 10.1. The maximum absolute atomic E-state index is 13.4. The molecule has 1 amide bonds. The third kappa shape index (κ3) is 4.94. The number of hydrogen-bond donors (Lipinski definition) is 2. The second-order valence-corrected chi connectivity index (χ2v) is 11.0. The lowest BCUT2D eigenvalue weighted by molar-refractivity contribution is -0.140. The molecule has 11 heteroatoms. The number of aliphatic imine (C=N–C) groups is 1. The molecule has 0 bridgehead atoms. The van der Waals surface area contributed by atoms with Gasteiger partial charge in [-0.25, -0.2) is 13.9 Å². The second-order valence-electron chi connectivity index (χ2n) is 9.02. The molecule has 34 heavy (non-hydrogen) atoms. The molecule has 0 spiro atoms. The molecule has 0 unspecified atom stereocenters. The number of rotatable bonds is 5.